The molecule has 1 aromatic heterocycles. The van der Waals surface area contributed by atoms with Crippen molar-refractivity contribution >= 4 is 23.4 Å². The van der Waals surface area contributed by atoms with E-state index in [9.17, 15) is 4.79 Å². The minimum absolute atomic E-state index is 0.0338. The van der Waals surface area contributed by atoms with Gasteiger partial charge in [0, 0.05) is 37.8 Å². The van der Waals surface area contributed by atoms with Gasteiger partial charge in [-0.25, -0.2) is 9.97 Å². The molecule has 0 saturated carbocycles. The van der Waals surface area contributed by atoms with Crippen LogP contribution in [0.1, 0.15) is 41.6 Å². The molecule has 2 aromatic rings. The summed E-state index contributed by atoms with van der Waals surface area (Å²) in [5.74, 6) is 1.92. The van der Waals surface area contributed by atoms with Crippen molar-refractivity contribution in [3.8, 4) is 5.75 Å². The molecule has 0 aliphatic carbocycles. The van der Waals surface area contributed by atoms with E-state index in [1.165, 1.54) is 11.8 Å². The molecule has 0 bridgehead atoms. The fourth-order valence-corrected chi connectivity index (χ4v) is 3.96. The van der Waals surface area contributed by atoms with Crippen LogP contribution in [-0.4, -0.2) is 60.3 Å². The van der Waals surface area contributed by atoms with Crippen molar-refractivity contribution in [3.05, 3.63) is 41.3 Å². The van der Waals surface area contributed by atoms with E-state index in [-0.39, 0.29) is 11.8 Å². The number of anilines is 1. The highest BCUT2D eigenvalue weighted by Gasteiger charge is 2.27. The van der Waals surface area contributed by atoms with Crippen LogP contribution in [0.3, 0.4) is 0 Å². The number of amides is 1. The second-order valence-corrected chi connectivity index (χ2v) is 7.98. The van der Waals surface area contributed by atoms with Crippen LogP contribution in [0.2, 0.25) is 0 Å². The molecule has 0 N–H and O–H groups in total. The number of nitrogens with zero attached hydrogens (tertiary/aromatic N) is 4. The smallest absolute Gasteiger partial charge is 0.258 e. The van der Waals surface area contributed by atoms with E-state index in [0.29, 0.717) is 18.7 Å². The van der Waals surface area contributed by atoms with Gasteiger partial charge >= 0.3 is 0 Å². The third-order valence-corrected chi connectivity index (χ3v) is 5.68. The molecule has 1 aliphatic rings. The van der Waals surface area contributed by atoms with E-state index in [1.807, 2.05) is 30.2 Å². The van der Waals surface area contributed by atoms with Crippen molar-refractivity contribution in [1.29, 1.82) is 0 Å². The van der Waals surface area contributed by atoms with Crippen LogP contribution >= 0.6 is 11.8 Å². The van der Waals surface area contributed by atoms with Gasteiger partial charge in [-0.2, -0.15) is 0 Å². The van der Waals surface area contributed by atoms with Crippen molar-refractivity contribution in [2.45, 2.75) is 31.7 Å². The summed E-state index contributed by atoms with van der Waals surface area (Å²) < 4.78 is 5.22. The second-order valence-electron chi connectivity index (χ2n) is 7.18. The highest BCUT2D eigenvalue weighted by Crippen LogP contribution is 2.26. The maximum atomic E-state index is 13.2. The van der Waals surface area contributed by atoms with Gasteiger partial charge in [0.25, 0.3) is 5.91 Å². The lowest BCUT2D eigenvalue weighted by molar-refractivity contribution is 0.0741. The van der Waals surface area contributed by atoms with E-state index in [4.69, 9.17) is 4.74 Å². The van der Waals surface area contributed by atoms with Crippen LogP contribution in [-0.2, 0) is 0 Å². The first-order valence-electron chi connectivity index (χ1n) is 9.55. The molecule has 1 fully saturated rings. The summed E-state index contributed by atoms with van der Waals surface area (Å²) in [6.45, 7) is 9.02. The van der Waals surface area contributed by atoms with E-state index in [2.05, 4.69) is 40.8 Å². The molecule has 150 valence electrons. The molecule has 2 heterocycles. The lowest BCUT2D eigenvalue weighted by Gasteiger charge is -2.36. The highest BCUT2D eigenvalue weighted by atomic mass is 32.2. The molecule has 6 nitrogen and oxygen atoms in total. The van der Waals surface area contributed by atoms with Crippen LogP contribution in [0.15, 0.2) is 29.3 Å². The Morgan fingerprint density at radius 3 is 2.29 bits per heavy atom. The number of carbonyl (C=O) groups excluding carboxylic acids is 1. The zero-order valence-electron chi connectivity index (χ0n) is 17.2. The van der Waals surface area contributed by atoms with Crippen LogP contribution in [0, 0.1) is 6.92 Å². The number of aromatic nitrogens is 2. The number of thioether (sulfide) groups is 1. The third kappa shape index (κ3) is 4.24. The number of hydrogen-bond donors (Lipinski definition) is 0. The van der Waals surface area contributed by atoms with Gasteiger partial charge in [0.15, 0.2) is 0 Å². The average molecular weight is 401 g/mol. The minimum atomic E-state index is 0.0338. The molecule has 1 aromatic carbocycles. The zero-order valence-corrected chi connectivity index (χ0v) is 18.0. The molecule has 28 heavy (non-hydrogen) atoms. The number of rotatable bonds is 5. The first kappa shape index (κ1) is 20.5. The number of aryl methyl sites for hydroxylation is 1. The van der Waals surface area contributed by atoms with Crippen LogP contribution in [0.4, 0.5) is 5.69 Å². The molecule has 0 spiro atoms. The van der Waals surface area contributed by atoms with E-state index in [0.717, 1.165) is 41.1 Å². The summed E-state index contributed by atoms with van der Waals surface area (Å²) in [5, 5.41) is 0.777. The third-order valence-electron chi connectivity index (χ3n) is 5.00. The molecule has 1 amide bonds. The summed E-state index contributed by atoms with van der Waals surface area (Å²) in [6.07, 6.45) is 1.96. The van der Waals surface area contributed by atoms with Gasteiger partial charge in [-0.05, 0) is 37.4 Å². The maximum absolute atomic E-state index is 13.2. The van der Waals surface area contributed by atoms with Gasteiger partial charge in [0.1, 0.15) is 16.6 Å². The van der Waals surface area contributed by atoms with Crippen molar-refractivity contribution < 1.29 is 9.53 Å². The number of ether oxygens (including phenoxy) is 1. The van der Waals surface area contributed by atoms with Crippen molar-refractivity contribution in [3.63, 3.8) is 0 Å². The number of benzene rings is 1. The standard InChI is InChI=1S/C21H28N4O2S/c1-14(2)19-22-15(3)18(20(23-19)28-5)21(26)25-12-10-24(11-13-25)16-6-8-17(27-4)9-7-16/h6-9,14H,10-13H2,1-5H3. The number of methoxy groups -OCH3 is 1. The first-order chi connectivity index (χ1) is 13.4. The highest BCUT2D eigenvalue weighted by molar-refractivity contribution is 7.98. The zero-order chi connectivity index (χ0) is 20.3. The van der Waals surface area contributed by atoms with Crippen LogP contribution < -0.4 is 9.64 Å². The van der Waals surface area contributed by atoms with Crippen molar-refractivity contribution in [2.24, 2.45) is 0 Å². The molecule has 0 atom stereocenters. The van der Waals surface area contributed by atoms with Crippen LogP contribution in [0.25, 0.3) is 0 Å². The Bertz CT molecular complexity index is 831. The summed E-state index contributed by atoms with van der Waals surface area (Å²) in [5.41, 5.74) is 2.57. The van der Waals surface area contributed by atoms with Gasteiger partial charge < -0.3 is 14.5 Å². The quantitative estimate of drug-likeness (QED) is 0.565. The average Bonchev–Trinajstić information content (AvgIpc) is 2.72. The molecule has 0 radical (unpaired) electrons. The van der Waals surface area contributed by atoms with Crippen LogP contribution in [0.5, 0.6) is 5.75 Å². The van der Waals surface area contributed by atoms with Gasteiger partial charge in [-0.15, -0.1) is 11.8 Å². The lowest BCUT2D eigenvalue weighted by atomic mass is 10.1. The fourth-order valence-electron chi connectivity index (χ4n) is 3.34. The van der Waals surface area contributed by atoms with Gasteiger partial charge in [-0.3, -0.25) is 4.79 Å². The number of carbonyl (C=O) groups is 1. The number of piperazine rings is 1. The minimum Gasteiger partial charge on any atom is -0.497 e. The molecule has 0 unspecified atom stereocenters. The Balaban J connectivity index is 1.73. The largest absolute Gasteiger partial charge is 0.497 e. The summed E-state index contributed by atoms with van der Waals surface area (Å²) >= 11 is 1.51. The Kier molecular flexibility index (Phi) is 6.44. The summed E-state index contributed by atoms with van der Waals surface area (Å²) in [6, 6.07) is 8.05. The predicted octanol–water partition coefficient (Wildman–Crippen LogP) is 3.60. The first-order valence-corrected chi connectivity index (χ1v) is 10.8. The number of hydrogen-bond acceptors (Lipinski definition) is 6. The van der Waals surface area contributed by atoms with Gasteiger partial charge in [0.2, 0.25) is 0 Å². The summed E-state index contributed by atoms with van der Waals surface area (Å²) in [4.78, 5) is 26.6. The Morgan fingerprint density at radius 1 is 1.11 bits per heavy atom. The maximum Gasteiger partial charge on any atom is 0.258 e. The molecule has 1 aliphatic heterocycles. The topological polar surface area (TPSA) is 58.6 Å². The van der Waals surface area contributed by atoms with Gasteiger partial charge in [0.05, 0.1) is 18.4 Å². The predicted molar refractivity (Wildman–Crippen MR) is 114 cm³/mol. The lowest BCUT2D eigenvalue weighted by Crippen LogP contribution is -2.49. The normalized spacial score (nSPS) is 14.5. The molecular formula is C21H28N4O2S. The molecule has 3 rings (SSSR count). The Hall–Kier alpha value is -2.28. The van der Waals surface area contributed by atoms with Crippen molar-refractivity contribution in [1.82, 2.24) is 14.9 Å². The Labute approximate surface area is 171 Å². The van der Waals surface area contributed by atoms with E-state index >= 15 is 0 Å². The van der Waals surface area contributed by atoms with Gasteiger partial charge in [-0.1, -0.05) is 13.8 Å². The monoisotopic (exact) mass is 400 g/mol. The Morgan fingerprint density at radius 2 is 1.75 bits per heavy atom. The van der Waals surface area contributed by atoms with Crippen molar-refractivity contribution in [2.75, 3.05) is 44.4 Å². The molecule has 1 saturated heterocycles. The fraction of sp³-hybridized carbons (Fsp3) is 0.476. The second kappa shape index (κ2) is 8.82. The van der Waals surface area contributed by atoms with E-state index in [1.54, 1.807) is 7.11 Å². The molecule has 7 heteroatoms. The van der Waals surface area contributed by atoms with E-state index < -0.39 is 0 Å². The summed E-state index contributed by atoms with van der Waals surface area (Å²) in [7, 11) is 1.67. The molecular weight excluding hydrogens is 372 g/mol. The SMILES string of the molecule is COc1ccc(N2CCN(C(=O)c3c(C)nc(C(C)C)nc3SC)CC2)cc1.